The number of nitrogens with zero attached hydrogens (tertiary/aromatic N) is 3. The predicted molar refractivity (Wildman–Crippen MR) is 84.1 cm³/mol. The van der Waals surface area contributed by atoms with Gasteiger partial charge in [0.2, 0.25) is 11.7 Å². The molecule has 0 radical (unpaired) electrons. The molecule has 1 fully saturated rings. The number of para-hydroxylation sites is 1. The van der Waals surface area contributed by atoms with Crippen molar-refractivity contribution in [2.75, 3.05) is 13.1 Å². The molecule has 1 aromatic heterocycles. The van der Waals surface area contributed by atoms with Crippen LogP contribution in [0, 0.1) is 12.8 Å². The highest BCUT2D eigenvalue weighted by Gasteiger charge is 2.23. The summed E-state index contributed by atoms with van der Waals surface area (Å²) in [4.78, 5) is 18.7. The maximum atomic E-state index is 12.7. The van der Waals surface area contributed by atoms with Crippen molar-refractivity contribution in [1.29, 1.82) is 0 Å². The van der Waals surface area contributed by atoms with E-state index in [9.17, 15) is 4.79 Å². The lowest BCUT2D eigenvalue weighted by molar-refractivity contribution is 0.0692. The van der Waals surface area contributed by atoms with Gasteiger partial charge in [-0.3, -0.25) is 4.79 Å². The Labute approximate surface area is 135 Å². The van der Waals surface area contributed by atoms with E-state index < -0.39 is 0 Å². The van der Waals surface area contributed by atoms with Crippen LogP contribution in [0.4, 0.5) is 0 Å². The van der Waals surface area contributed by atoms with Crippen molar-refractivity contribution in [2.45, 2.75) is 33.3 Å². The first-order chi connectivity index (χ1) is 11.1. The van der Waals surface area contributed by atoms with Crippen LogP contribution < -0.4 is 4.74 Å². The molecule has 1 aliphatic rings. The van der Waals surface area contributed by atoms with Crippen LogP contribution >= 0.6 is 0 Å². The number of likely N-dealkylation sites (tertiary alicyclic amines) is 1. The van der Waals surface area contributed by atoms with E-state index in [4.69, 9.17) is 9.26 Å². The third-order valence-corrected chi connectivity index (χ3v) is 4.11. The van der Waals surface area contributed by atoms with E-state index in [2.05, 4.69) is 17.1 Å². The molecule has 2 aromatic rings. The first-order valence-electron chi connectivity index (χ1n) is 7.94. The fourth-order valence-corrected chi connectivity index (χ4v) is 2.69. The lowest BCUT2D eigenvalue weighted by atomic mass is 9.98. The number of carbonyl (C=O) groups excluding carboxylic acids is 1. The number of ether oxygens (including phenoxy) is 1. The number of aromatic nitrogens is 2. The van der Waals surface area contributed by atoms with Gasteiger partial charge in [-0.1, -0.05) is 24.2 Å². The normalized spacial score (nSPS) is 15.7. The van der Waals surface area contributed by atoms with E-state index in [1.54, 1.807) is 19.1 Å². The van der Waals surface area contributed by atoms with Crippen LogP contribution in [0.2, 0.25) is 0 Å². The van der Waals surface area contributed by atoms with Gasteiger partial charge in [0, 0.05) is 20.0 Å². The molecule has 0 N–H and O–H groups in total. The quantitative estimate of drug-likeness (QED) is 0.868. The van der Waals surface area contributed by atoms with Gasteiger partial charge in [-0.15, -0.1) is 0 Å². The summed E-state index contributed by atoms with van der Waals surface area (Å²) in [5.74, 6) is 2.23. The molecule has 0 unspecified atom stereocenters. The van der Waals surface area contributed by atoms with E-state index in [1.807, 2.05) is 17.0 Å². The Morgan fingerprint density at radius 3 is 2.78 bits per heavy atom. The summed E-state index contributed by atoms with van der Waals surface area (Å²) >= 11 is 0. The number of carbonyl (C=O) groups is 1. The molecule has 1 aromatic carbocycles. The zero-order valence-electron chi connectivity index (χ0n) is 13.5. The molecular weight excluding hydrogens is 294 g/mol. The zero-order chi connectivity index (χ0) is 16.2. The van der Waals surface area contributed by atoms with Crippen LogP contribution in [0.15, 0.2) is 28.8 Å². The molecule has 0 atom stereocenters. The van der Waals surface area contributed by atoms with E-state index in [1.165, 1.54) is 0 Å². The molecule has 6 heteroatoms. The standard InChI is InChI=1S/C17H21N3O3/c1-12-7-9-20(10-8-12)17(21)14-5-3-4-6-15(14)22-11-16-18-13(2)23-19-16/h3-6,12H,7-11H2,1-2H3. The minimum atomic E-state index is 0.0248. The number of piperidine rings is 1. The molecule has 2 heterocycles. The van der Waals surface area contributed by atoms with Gasteiger partial charge < -0.3 is 14.2 Å². The second kappa shape index (κ2) is 6.81. The summed E-state index contributed by atoms with van der Waals surface area (Å²) in [5, 5.41) is 3.80. The van der Waals surface area contributed by atoms with Crippen LogP contribution in [0.5, 0.6) is 5.75 Å². The van der Waals surface area contributed by atoms with Gasteiger partial charge >= 0.3 is 0 Å². The highest BCUT2D eigenvalue weighted by Crippen LogP contribution is 2.24. The Hall–Kier alpha value is -2.37. The average molecular weight is 315 g/mol. The number of hydrogen-bond acceptors (Lipinski definition) is 5. The molecular formula is C17H21N3O3. The monoisotopic (exact) mass is 315 g/mol. The minimum Gasteiger partial charge on any atom is -0.485 e. The largest absolute Gasteiger partial charge is 0.485 e. The van der Waals surface area contributed by atoms with E-state index in [0.29, 0.717) is 28.9 Å². The van der Waals surface area contributed by atoms with Crippen molar-refractivity contribution in [2.24, 2.45) is 5.92 Å². The third-order valence-electron chi connectivity index (χ3n) is 4.11. The van der Waals surface area contributed by atoms with Gasteiger partial charge in [0.25, 0.3) is 5.91 Å². The second-order valence-electron chi connectivity index (χ2n) is 5.99. The van der Waals surface area contributed by atoms with E-state index >= 15 is 0 Å². The summed E-state index contributed by atoms with van der Waals surface area (Å²) in [5.41, 5.74) is 0.585. The molecule has 1 amide bonds. The Morgan fingerprint density at radius 2 is 2.09 bits per heavy atom. The topological polar surface area (TPSA) is 68.5 Å². The minimum absolute atomic E-state index is 0.0248. The van der Waals surface area contributed by atoms with E-state index in [0.717, 1.165) is 25.9 Å². The molecule has 0 aliphatic carbocycles. The predicted octanol–water partition coefficient (Wildman–Crippen LogP) is 2.83. The smallest absolute Gasteiger partial charge is 0.257 e. The van der Waals surface area contributed by atoms with E-state index in [-0.39, 0.29) is 12.5 Å². The molecule has 122 valence electrons. The first kappa shape index (κ1) is 15.5. The highest BCUT2D eigenvalue weighted by atomic mass is 16.5. The summed E-state index contributed by atoms with van der Waals surface area (Å²) in [6.45, 7) is 5.74. The highest BCUT2D eigenvalue weighted by molar-refractivity contribution is 5.97. The fraction of sp³-hybridized carbons (Fsp3) is 0.471. The molecule has 0 spiro atoms. The molecule has 1 aliphatic heterocycles. The summed E-state index contributed by atoms with van der Waals surface area (Å²) in [6, 6.07) is 7.31. The van der Waals surface area contributed by atoms with Crippen molar-refractivity contribution in [1.82, 2.24) is 15.0 Å². The number of aryl methyl sites for hydroxylation is 1. The molecule has 0 bridgehead atoms. The molecule has 6 nitrogen and oxygen atoms in total. The van der Waals surface area contributed by atoms with Crippen LogP contribution in [0.25, 0.3) is 0 Å². The van der Waals surface area contributed by atoms with Crippen LogP contribution in [0.1, 0.15) is 41.8 Å². The Bertz CT molecular complexity index is 675. The van der Waals surface area contributed by atoms with Crippen molar-refractivity contribution in [3.8, 4) is 5.75 Å². The number of amides is 1. The van der Waals surface area contributed by atoms with Crippen molar-refractivity contribution in [3.63, 3.8) is 0 Å². The van der Waals surface area contributed by atoms with Crippen LogP contribution in [-0.4, -0.2) is 34.0 Å². The lowest BCUT2D eigenvalue weighted by Crippen LogP contribution is -2.38. The van der Waals surface area contributed by atoms with Gasteiger partial charge in [0.1, 0.15) is 5.75 Å². The second-order valence-corrected chi connectivity index (χ2v) is 5.99. The Kier molecular flexibility index (Phi) is 4.60. The molecule has 1 saturated heterocycles. The molecule has 0 saturated carbocycles. The van der Waals surface area contributed by atoms with Gasteiger partial charge in [-0.05, 0) is 30.9 Å². The van der Waals surface area contributed by atoms with Crippen LogP contribution in [-0.2, 0) is 6.61 Å². The number of rotatable bonds is 4. The maximum Gasteiger partial charge on any atom is 0.257 e. The summed E-state index contributed by atoms with van der Waals surface area (Å²) in [7, 11) is 0. The van der Waals surface area contributed by atoms with Gasteiger partial charge in [-0.2, -0.15) is 4.98 Å². The molecule has 23 heavy (non-hydrogen) atoms. The Balaban J connectivity index is 1.71. The van der Waals surface area contributed by atoms with Crippen molar-refractivity contribution >= 4 is 5.91 Å². The number of hydrogen-bond donors (Lipinski definition) is 0. The maximum absolute atomic E-state index is 12.7. The van der Waals surface area contributed by atoms with Gasteiger partial charge in [0.15, 0.2) is 6.61 Å². The van der Waals surface area contributed by atoms with Crippen LogP contribution in [0.3, 0.4) is 0 Å². The van der Waals surface area contributed by atoms with Crippen molar-refractivity contribution in [3.05, 3.63) is 41.5 Å². The average Bonchev–Trinajstić information content (AvgIpc) is 2.99. The Morgan fingerprint density at radius 1 is 1.35 bits per heavy atom. The van der Waals surface area contributed by atoms with Gasteiger partial charge in [0.05, 0.1) is 5.56 Å². The SMILES string of the molecule is Cc1nc(COc2ccccc2C(=O)N2CCC(C)CC2)no1. The van der Waals surface area contributed by atoms with Crippen molar-refractivity contribution < 1.29 is 14.1 Å². The number of benzene rings is 1. The lowest BCUT2D eigenvalue weighted by Gasteiger charge is -2.30. The summed E-state index contributed by atoms with van der Waals surface area (Å²) < 4.78 is 10.7. The first-order valence-corrected chi connectivity index (χ1v) is 7.94. The fourth-order valence-electron chi connectivity index (χ4n) is 2.69. The molecule has 3 rings (SSSR count). The third kappa shape index (κ3) is 3.70. The zero-order valence-corrected chi connectivity index (χ0v) is 13.5. The summed E-state index contributed by atoms with van der Waals surface area (Å²) in [6.07, 6.45) is 2.10. The van der Waals surface area contributed by atoms with Gasteiger partial charge in [-0.25, -0.2) is 0 Å².